The zero-order valence-electron chi connectivity index (χ0n) is 9.70. The molecule has 1 unspecified atom stereocenters. The summed E-state index contributed by atoms with van der Waals surface area (Å²) in [7, 11) is 0. The fourth-order valence-electron chi connectivity index (χ4n) is 1.57. The number of halogens is 1. The molecule has 0 saturated heterocycles. The van der Waals surface area contributed by atoms with Crippen molar-refractivity contribution in [1.29, 1.82) is 0 Å². The third-order valence-electron chi connectivity index (χ3n) is 2.64. The van der Waals surface area contributed by atoms with Crippen molar-refractivity contribution < 1.29 is 9.50 Å². The lowest BCUT2D eigenvalue weighted by atomic mass is 10.0. The fourth-order valence-corrected chi connectivity index (χ4v) is 1.57. The van der Waals surface area contributed by atoms with Crippen LogP contribution in [-0.2, 0) is 0 Å². The summed E-state index contributed by atoms with van der Waals surface area (Å²) < 4.78 is 13.2. The van der Waals surface area contributed by atoms with Crippen LogP contribution in [-0.4, -0.2) is 17.8 Å². The third kappa shape index (κ3) is 3.10. The van der Waals surface area contributed by atoms with E-state index in [0.29, 0.717) is 18.0 Å². The Morgan fingerprint density at radius 1 is 1.44 bits per heavy atom. The van der Waals surface area contributed by atoms with Crippen LogP contribution in [0.15, 0.2) is 18.2 Å². The molecule has 1 aromatic carbocycles. The van der Waals surface area contributed by atoms with Crippen molar-refractivity contribution in [1.82, 2.24) is 0 Å². The SMILES string of the molecule is CC(C)C(CCO)Nc1cccc(F)c1N. The summed E-state index contributed by atoms with van der Waals surface area (Å²) >= 11 is 0. The van der Waals surface area contributed by atoms with Crippen LogP contribution in [0.3, 0.4) is 0 Å². The van der Waals surface area contributed by atoms with Gasteiger partial charge in [-0.2, -0.15) is 0 Å². The Morgan fingerprint density at radius 2 is 2.12 bits per heavy atom. The van der Waals surface area contributed by atoms with Crippen molar-refractivity contribution in [3.05, 3.63) is 24.0 Å². The largest absolute Gasteiger partial charge is 0.396 e. The minimum absolute atomic E-state index is 0.0918. The highest BCUT2D eigenvalue weighted by Gasteiger charge is 2.14. The molecule has 0 aliphatic heterocycles. The van der Waals surface area contributed by atoms with Crippen LogP contribution < -0.4 is 11.1 Å². The summed E-state index contributed by atoms with van der Waals surface area (Å²) in [6, 6.07) is 4.78. The molecule has 90 valence electrons. The molecule has 0 heterocycles. The summed E-state index contributed by atoms with van der Waals surface area (Å²) in [5, 5.41) is 12.1. The van der Waals surface area contributed by atoms with Gasteiger partial charge in [0.2, 0.25) is 0 Å². The van der Waals surface area contributed by atoms with Crippen LogP contribution in [0.25, 0.3) is 0 Å². The summed E-state index contributed by atoms with van der Waals surface area (Å²) in [6.07, 6.45) is 0.619. The van der Waals surface area contributed by atoms with Gasteiger partial charge in [-0.3, -0.25) is 0 Å². The quantitative estimate of drug-likeness (QED) is 0.675. The molecular weight excluding hydrogens is 207 g/mol. The second-order valence-electron chi connectivity index (χ2n) is 4.21. The van der Waals surface area contributed by atoms with E-state index in [2.05, 4.69) is 5.32 Å². The second kappa shape index (κ2) is 5.70. The van der Waals surface area contributed by atoms with E-state index in [1.807, 2.05) is 13.8 Å². The molecule has 0 fully saturated rings. The van der Waals surface area contributed by atoms with Crippen LogP contribution >= 0.6 is 0 Å². The normalized spacial score (nSPS) is 12.8. The van der Waals surface area contributed by atoms with Gasteiger partial charge in [0, 0.05) is 12.6 Å². The summed E-state index contributed by atoms with van der Waals surface area (Å²) in [5.74, 6) is -0.0775. The Labute approximate surface area is 95.5 Å². The Morgan fingerprint density at radius 3 is 2.69 bits per heavy atom. The number of hydrogen-bond donors (Lipinski definition) is 3. The van der Waals surface area contributed by atoms with Gasteiger partial charge < -0.3 is 16.2 Å². The first kappa shape index (κ1) is 12.8. The second-order valence-corrected chi connectivity index (χ2v) is 4.21. The molecule has 0 aromatic heterocycles. The molecule has 16 heavy (non-hydrogen) atoms. The maximum Gasteiger partial charge on any atom is 0.148 e. The minimum atomic E-state index is -0.420. The smallest absolute Gasteiger partial charge is 0.148 e. The number of aliphatic hydroxyl groups is 1. The topological polar surface area (TPSA) is 58.3 Å². The molecular formula is C12H19FN2O. The minimum Gasteiger partial charge on any atom is -0.396 e. The first-order valence-corrected chi connectivity index (χ1v) is 5.47. The summed E-state index contributed by atoms with van der Waals surface area (Å²) in [6.45, 7) is 4.19. The predicted octanol–water partition coefficient (Wildman–Crippen LogP) is 2.23. The van der Waals surface area contributed by atoms with E-state index in [4.69, 9.17) is 10.8 Å². The standard InChI is InChI=1S/C12H19FN2O/c1-8(2)10(6-7-16)15-11-5-3-4-9(13)12(11)14/h3-5,8,10,15-16H,6-7,14H2,1-2H3. The van der Waals surface area contributed by atoms with E-state index < -0.39 is 5.82 Å². The molecule has 0 saturated carbocycles. The van der Waals surface area contributed by atoms with Gasteiger partial charge >= 0.3 is 0 Å². The van der Waals surface area contributed by atoms with Crippen LogP contribution in [0, 0.1) is 11.7 Å². The Balaban J connectivity index is 2.81. The highest BCUT2D eigenvalue weighted by atomic mass is 19.1. The van der Waals surface area contributed by atoms with Crippen molar-refractivity contribution >= 4 is 11.4 Å². The molecule has 1 aromatic rings. The molecule has 0 bridgehead atoms. The number of nitrogens with two attached hydrogens (primary N) is 1. The first-order valence-electron chi connectivity index (χ1n) is 5.47. The highest BCUT2D eigenvalue weighted by molar-refractivity contribution is 5.66. The van der Waals surface area contributed by atoms with E-state index in [9.17, 15) is 4.39 Å². The van der Waals surface area contributed by atoms with Gasteiger partial charge in [-0.25, -0.2) is 4.39 Å². The molecule has 0 aliphatic rings. The van der Waals surface area contributed by atoms with Crippen molar-refractivity contribution in [3.8, 4) is 0 Å². The number of rotatable bonds is 5. The van der Waals surface area contributed by atoms with Gasteiger partial charge in [0.25, 0.3) is 0 Å². The number of nitrogens with one attached hydrogen (secondary N) is 1. The highest BCUT2D eigenvalue weighted by Crippen LogP contribution is 2.24. The van der Waals surface area contributed by atoms with E-state index in [1.165, 1.54) is 6.07 Å². The van der Waals surface area contributed by atoms with E-state index in [1.54, 1.807) is 12.1 Å². The third-order valence-corrected chi connectivity index (χ3v) is 2.64. The number of hydrogen-bond acceptors (Lipinski definition) is 3. The zero-order chi connectivity index (χ0) is 12.1. The Hall–Kier alpha value is -1.29. The van der Waals surface area contributed by atoms with Crippen molar-refractivity contribution in [3.63, 3.8) is 0 Å². The fraction of sp³-hybridized carbons (Fsp3) is 0.500. The Kier molecular flexibility index (Phi) is 4.55. The Bertz CT molecular complexity index is 342. The van der Waals surface area contributed by atoms with Gasteiger partial charge in [0.1, 0.15) is 5.82 Å². The lowest BCUT2D eigenvalue weighted by molar-refractivity contribution is 0.267. The molecule has 4 N–H and O–H groups in total. The van der Waals surface area contributed by atoms with Crippen molar-refractivity contribution in [2.75, 3.05) is 17.7 Å². The number of nitrogen functional groups attached to an aromatic ring is 1. The van der Waals surface area contributed by atoms with Gasteiger partial charge in [-0.05, 0) is 24.5 Å². The van der Waals surface area contributed by atoms with Crippen LogP contribution in [0.4, 0.5) is 15.8 Å². The molecule has 1 rings (SSSR count). The van der Waals surface area contributed by atoms with Crippen molar-refractivity contribution in [2.24, 2.45) is 5.92 Å². The maximum atomic E-state index is 13.2. The lowest BCUT2D eigenvalue weighted by Crippen LogP contribution is -2.27. The van der Waals surface area contributed by atoms with Gasteiger partial charge in [-0.1, -0.05) is 19.9 Å². The molecule has 0 radical (unpaired) electrons. The zero-order valence-corrected chi connectivity index (χ0v) is 9.70. The van der Waals surface area contributed by atoms with Crippen LogP contribution in [0.1, 0.15) is 20.3 Å². The average molecular weight is 226 g/mol. The summed E-state index contributed by atoms with van der Waals surface area (Å²) in [4.78, 5) is 0. The number of para-hydroxylation sites is 1. The first-order chi connectivity index (χ1) is 7.56. The summed E-state index contributed by atoms with van der Waals surface area (Å²) in [5.41, 5.74) is 6.35. The molecule has 0 spiro atoms. The van der Waals surface area contributed by atoms with Crippen molar-refractivity contribution in [2.45, 2.75) is 26.3 Å². The number of benzene rings is 1. The predicted molar refractivity (Wildman–Crippen MR) is 64.8 cm³/mol. The van der Waals surface area contributed by atoms with Gasteiger partial charge in [-0.15, -0.1) is 0 Å². The van der Waals surface area contributed by atoms with Gasteiger partial charge in [0.15, 0.2) is 0 Å². The molecule has 4 heteroatoms. The number of anilines is 2. The number of aliphatic hydroxyl groups excluding tert-OH is 1. The van der Waals surface area contributed by atoms with Crippen LogP contribution in [0.5, 0.6) is 0 Å². The van der Waals surface area contributed by atoms with Crippen LogP contribution in [0.2, 0.25) is 0 Å². The molecule has 1 atom stereocenters. The molecule has 0 aliphatic carbocycles. The van der Waals surface area contributed by atoms with E-state index in [-0.39, 0.29) is 18.3 Å². The maximum absolute atomic E-state index is 13.2. The monoisotopic (exact) mass is 226 g/mol. The molecule has 0 amide bonds. The van der Waals surface area contributed by atoms with E-state index >= 15 is 0 Å². The molecule has 3 nitrogen and oxygen atoms in total. The van der Waals surface area contributed by atoms with E-state index in [0.717, 1.165) is 0 Å². The average Bonchev–Trinajstić information content (AvgIpc) is 2.23. The van der Waals surface area contributed by atoms with Gasteiger partial charge in [0.05, 0.1) is 11.4 Å². The lowest BCUT2D eigenvalue weighted by Gasteiger charge is -2.23.